The van der Waals surface area contributed by atoms with Crippen LogP contribution in [0.2, 0.25) is 5.02 Å². The van der Waals surface area contributed by atoms with Gasteiger partial charge in [-0.1, -0.05) is 54.1 Å². The third-order valence-electron chi connectivity index (χ3n) is 6.25. The fourth-order valence-corrected chi connectivity index (χ4v) is 5.27. The van der Waals surface area contributed by atoms with E-state index in [-0.39, 0.29) is 12.1 Å². The third-order valence-corrected chi connectivity index (χ3v) is 6.48. The van der Waals surface area contributed by atoms with Crippen molar-refractivity contribution in [2.75, 3.05) is 4.90 Å². The average molecular weight is 404 g/mol. The molecule has 1 unspecified atom stereocenters. The Kier molecular flexibility index (Phi) is 3.51. The minimum absolute atomic E-state index is 0.327. The Hall–Kier alpha value is -2.98. The van der Waals surface area contributed by atoms with Crippen LogP contribution in [-0.4, -0.2) is 6.09 Å². The normalized spacial score (nSPS) is 24.0. The summed E-state index contributed by atoms with van der Waals surface area (Å²) in [5.41, 5.74) is 3.16. The maximum atomic E-state index is 13.3. The molecule has 0 radical (unpaired) electrons. The third kappa shape index (κ3) is 2.29. The van der Waals surface area contributed by atoms with Gasteiger partial charge in [0, 0.05) is 16.1 Å². The first-order valence-electron chi connectivity index (χ1n) is 9.84. The number of carbonyl (C=O) groups excluding carboxylic acids is 1. The number of para-hydroxylation sites is 1. The number of benzene rings is 3. The van der Waals surface area contributed by atoms with Gasteiger partial charge in [-0.3, -0.25) is 4.90 Å². The SMILES string of the molecule is O=C1O[C@]2(CCCc3ccccc32)C2c3ccccc3Oc3ccc(Cl)cc3N12. The van der Waals surface area contributed by atoms with Crippen LogP contribution in [0.1, 0.15) is 35.6 Å². The summed E-state index contributed by atoms with van der Waals surface area (Å²) < 4.78 is 12.5. The van der Waals surface area contributed by atoms with Crippen molar-refractivity contribution in [3.05, 3.63) is 88.4 Å². The zero-order chi connectivity index (χ0) is 19.6. The topological polar surface area (TPSA) is 38.8 Å². The number of carbonyl (C=O) groups is 1. The summed E-state index contributed by atoms with van der Waals surface area (Å²) in [6.07, 6.45) is 2.35. The molecule has 1 fully saturated rings. The van der Waals surface area contributed by atoms with Gasteiger partial charge in [-0.15, -0.1) is 0 Å². The van der Waals surface area contributed by atoms with Gasteiger partial charge in [-0.05, 0) is 49.1 Å². The minimum Gasteiger partial charge on any atom is -0.455 e. The van der Waals surface area contributed by atoms with Crippen LogP contribution < -0.4 is 9.64 Å². The molecule has 0 N–H and O–H groups in total. The number of nitrogens with zero attached hydrogens (tertiary/aromatic N) is 1. The first kappa shape index (κ1) is 16.9. The first-order chi connectivity index (χ1) is 14.2. The molecule has 0 aromatic heterocycles. The molecule has 1 saturated heterocycles. The molecule has 0 saturated carbocycles. The molecule has 6 rings (SSSR count). The summed E-state index contributed by atoms with van der Waals surface area (Å²) >= 11 is 6.30. The molecule has 3 aromatic rings. The number of amides is 1. The van der Waals surface area contributed by atoms with E-state index in [1.165, 1.54) is 5.56 Å². The molecule has 2 aliphatic heterocycles. The summed E-state index contributed by atoms with van der Waals surface area (Å²) in [6, 6.07) is 21.2. The lowest BCUT2D eigenvalue weighted by Gasteiger charge is -2.39. The second-order valence-electron chi connectivity index (χ2n) is 7.79. The van der Waals surface area contributed by atoms with Gasteiger partial charge in [0.25, 0.3) is 0 Å². The van der Waals surface area contributed by atoms with Crippen molar-refractivity contribution in [3.8, 4) is 11.5 Å². The number of fused-ring (bicyclic) bond motifs is 8. The van der Waals surface area contributed by atoms with Gasteiger partial charge >= 0.3 is 6.09 Å². The predicted octanol–water partition coefficient (Wildman–Crippen LogP) is 6.38. The Labute approximate surface area is 173 Å². The Morgan fingerprint density at radius 1 is 1.00 bits per heavy atom. The molecule has 144 valence electrons. The molecule has 3 aromatic carbocycles. The molecule has 2 heterocycles. The molecule has 3 aliphatic rings. The van der Waals surface area contributed by atoms with E-state index in [0.29, 0.717) is 16.5 Å². The average Bonchev–Trinajstić information content (AvgIpc) is 2.93. The second kappa shape index (κ2) is 6.01. The van der Waals surface area contributed by atoms with Crippen molar-refractivity contribution in [2.45, 2.75) is 30.9 Å². The molecule has 2 atom stereocenters. The van der Waals surface area contributed by atoms with E-state index >= 15 is 0 Å². The highest BCUT2D eigenvalue weighted by Crippen LogP contribution is 2.59. The van der Waals surface area contributed by atoms with Crippen LogP contribution >= 0.6 is 11.6 Å². The van der Waals surface area contributed by atoms with E-state index in [4.69, 9.17) is 21.1 Å². The zero-order valence-electron chi connectivity index (χ0n) is 15.6. The van der Waals surface area contributed by atoms with Crippen LogP contribution in [0.5, 0.6) is 11.5 Å². The summed E-state index contributed by atoms with van der Waals surface area (Å²) in [5.74, 6) is 1.34. The maximum Gasteiger partial charge on any atom is 0.416 e. The number of anilines is 1. The van der Waals surface area contributed by atoms with Crippen LogP contribution in [0.15, 0.2) is 66.7 Å². The maximum absolute atomic E-state index is 13.3. The molecule has 29 heavy (non-hydrogen) atoms. The molecule has 4 nitrogen and oxygen atoms in total. The molecular formula is C24H18ClNO3. The molecule has 5 heteroatoms. The summed E-state index contributed by atoms with van der Waals surface area (Å²) in [5, 5.41) is 0.551. The standard InChI is InChI=1S/C24H18ClNO3/c25-16-11-12-21-19(14-16)26-22(17-8-2-4-10-20(17)28-21)24(29-23(26)27)13-5-7-15-6-1-3-9-18(15)24/h1-4,6,8-12,14,22H,5,7,13H2/t22?,24-/m0/s1. The van der Waals surface area contributed by atoms with Gasteiger partial charge < -0.3 is 9.47 Å². The Balaban J connectivity index is 1.67. The van der Waals surface area contributed by atoms with Gasteiger partial charge in [0.15, 0.2) is 11.4 Å². The number of rotatable bonds is 0. The van der Waals surface area contributed by atoms with E-state index in [1.54, 1.807) is 17.0 Å². The summed E-state index contributed by atoms with van der Waals surface area (Å²) in [4.78, 5) is 15.1. The Morgan fingerprint density at radius 2 is 1.83 bits per heavy atom. The predicted molar refractivity (Wildman–Crippen MR) is 111 cm³/mol. The van der Waals surface area contributed by atoms with Gasteiger partial charge in [0.05, 0.1) is 5.69 Å². The zero-order valence-corrected chi connectivity index (χ0v) is 16.4. The lowest BCUT2D eigenvalue weighted by atomic mass is 9.72. The van der Waals surface area contributed by atoms with Crippen molar-refractivity contribution < 1.29 is 14.3 Å². The van der Waals surface area contributed by atoms with E-state index in [0.717, 1.165) is 36.1 Å². The van der Waals surface area contributed by atoms with Gasteiger partial charge in [-0.25, -0.2) is 4.79 Å². The Bertz CT molecular complexity index is 1160. The molecule has 1 spiro atoms. The smallest absolute Gasteiger partial charge is 0.416 e. The summed E-state index contributed by atoms with van der Waals surface area (Å²) in [6.45, 7) is 0. The number of aryl methyl sites for hydroxylation is 1. The van der Waals surface area contributed by atoms with Crippen LogP contribution in [-0.2, 0) is 16.8 Å². The van der Waals surface area contributed by atoms with Gasteiger partial charge in [-0.2, -0.15) is 0 Å². The Morgan fingerprint density at radius 3 is 2.76 bits per heavy atom. The van der Waals surface area contributed by atoms with Crippen LogP contribution in [0, 0.1) is 0 Å². The van der Waals surface area contributed by atoms with Crippen molar-refractivity contribution in [2.24, 2.45) is 0 Å². The molecule has 1 amide bonds. The number of ether oxygens (including phenoxy) is 2. The van der Waals surface area contributed by atoms with Crippen LogP contribution in [0.4, 0.5) is 10.5 Å². The number of hydrogen-bond donors (Lipinski definition) is 0. The fraction of sp³-hybridized carbons (Fsp3) is 0.208. The highest BCUT2D eigenvalue weighted by atomic mass is 35.5. The van der Waals surface area contributed by atoms with Crippen molar-refractivity contribution in [1.82, 2.24) is 0 Å². The molecular weight excluding hydrogens is 386 g/mol. The fourth-order valence-electron chi connectivity index (χ4n) is 5.10. The highest BCUT2D eigenvalue weighted by molar-refractivity contribution is 6.31. The lowest BCUT2D eigenvalue weighted by molar-refractivity contribution is 0.0170. The van der Waals surface area contributed by atoms with Crippen molar-refractivity contribution in [1.29, 1.82) is 0 Å². The van der Waals surface area contributed by atoms with Crippen LogP contribution in [0.3, 0.4) is 0 Å². The minimum atomic E-state index is -0.755. The van der Waals surface area contributed by atoms with E-state index in [9.17, 15) is 4.79 Å². The van der Waals surface area contributed by atoms with Gasteiger partial charge in [0.1, 0.15) is 11.8 Å². The summed E-state index contributed by atoms with van der Waals surface area (Å²) in [7, 11) is 0. The van der Waals surface area contributed by atoms with E-state index < -0.39 is 5.60 Å². The monoisotopic (exact) mass is 403 g/mol. The van der Waals surface area contributed by atoms with Gasteiger partial charge in [0.2, 0.25) is 0 Å². The number of hydrogen-bond acceptors (Lipinski definition) is 3. The lowest BCUT2D eigenvalue weighted by Crippen LogP contribution is -2.39. The highest BCUT2D eigenvalue weighted by Gasteiger charge is 2.59. The molecule has 1 aliphatic carbocycles. The van der Waals surface area contributed by atoms with Crippen LogP contribution in [0.25, 0.3) is 0 Å². The first-order valence-corrected chi connectivity index (χ1v) is 10.2. The second-order valence-corrected chi connectivity index (χ2v) is 8.23. The molecule has 0 bridgehead atoms. The van der Waals surface area contributed by atoms with E-state index in [1.807, 2.05) is 42.5 Å². The largest absolute Gasteiger partial charge is 0.455 e. The quantitative estimate of drug-likeness (QED) is 0.437. The number of halogens is 1. The van der Waals surface area contributed by atoms with Crippen molar-refractivity contribution >= 4 is 23.4 Å². The van der Waals surface area contributed by atoms with E-state index in [2.05, 4.69) is 12.1 Å². The van der Waals surface area contributed by atoms with Crippen molar-refractivity contribution in [3.63, 3.8) is 0 Å².